The summed E-state index contributed by atoms with van der Waals surface area (Å²) in [5.74, 6) is -1.19. The van der Waals surface area contributed by atoms with Crippen LogP contribution in [0.25, 0.3) is 5.69 Å². The maximum atomic E-state index is 12.5. The Morgan fingerprint density at radius 2 is 1.94 bits per heavy atom. The molecule has 2 N–H and O–H groups in total. The molecule has 1 amide bonds. The molecule has 0 saturated heterocycles. The van der Waals surface area contributed by atoms with Gasteiger partial charge in [0.15, 0.2) is 0 Å². The van der Waals surface area contributed by atoms with E-state index in [4.69, 9.17) is 12.6 Å². The van der Waals surface area contributed by atoms with Gasteiger partial charge in [0.1, 0.15) is 6.04 Å². The van der Waals surface area contributed by atoms with Gasteiger partial charge in [-0.05, 0) is 54.6 Å². The van der Waals surface area contributed by atoms with Gasteiger partial charge in [-0.15, -0.1) is 5.10 Å². The first kappa shape index (κ1) is 24.7. The molecule has 31 heavy (non-hydrogen) atoms. The van der Waals surface area contributed by atoms with Crippen LogP contribution >= 0.6 is 0 Å². The maximum absolute atomic E-state index is 12.5. The second kappa shape index (κ2) is 11.2. The third kappa shape index (κ3) is 6.47. The molecule has 0 radical (unpaired) electrons. The van der Waals surface area contributed by atoms with E-state index in [-0.39, 0.29) is 53.6 Å². The Morgan fingerprint density at radius 1 is 1.23 bits per heavy atom. The first-order chi connectivity index (χ1) is 14.3. The summed E-state index contributed by atoms with van der Waals surface area (Å²) in [6.45, 7) is 3.81. The van der Waals surface area contributed by atoms with E-state index in [0.717, 1.165) is 11.3 Å². The van der Waals surface area contributed by atoms with Crippen LogP contribution < -0.4 is 39.8 Å². The van der Waals surface area contributed by atoms with Crippen molar-refractivity contribution in [3.63, 3.8) is 0 Å². The van der Waals surface area contributed by atoms with Crippen LogP contribution in [0.5, 0.6) is 0 Å². The van der Waals surface area contributed by atoms with Crippen LogP contribution in [0.1, 0.15) is 18.9 Å². The predicted octanol–water partition coefficient (Wildman–Crippen LogP) is -0.811. The number of carboxylic acids is 1. The van der Waals surface area contributed by atoms with Gasteiger partial charge in [0.25, 0.3) is 0 Å². The molecule has 0 aliphatic heterocycles. The Hall–Kier alpha value is -2.53. The van der Waals surface area contributed by atoms with E-state index in [9.17, 15) is 14.7 Å². The Labute approximate surface area is 207 Å². The summed E-state index contributed by atoms with van der Waals surface area (Å²) in [4.78, 5) is 25.7. The molecular formula is C20H21N6NaO3S. The number of anilines is 2. The van der Waals surface area contributed by atoms with Gasteiger partial charge in [0.2, 0.25) is 5.91 Å². The van der Waals surface area contributed by atoms with Crippen LogP contribution in [0.4, 0.5) is 11.4 Å². The number of hydrogen-bond acceptors (Lipinski definition) is 7. The fourth-order valence-electron chi connectivity index (χ4n) is 2.92. The number of aromatic nitrogens is 4. The van der Waals surface area contributed by atoms with Gasteiger partial charge < -0.3 is 28.0 Å². The molecule has 0 bridgehead atoms. The van der Waals surface area contributed by atoms with Crippen molar-refractivity contribution in [2.75, 3.05) is 16.8 Å². The zero-order chi connectivity index (χ0) is 21.7. The number of carboxylic acid groups (broad SMARTS) is 1. The van der Waals surface area contributed by atoms with E-state index in [1.807, 2.05) is 31.2 Å². The molecule has 1 atom stereocenters. The molecule has 156 valence electrons. The van der Waals surface area contributed by atoms with Gasteiger partial charge in [-0.25, -0.2) is 9.48 Å². The van der Waals surface area contributed by atoms with E-state index in [2.05, 4.69) is 20.8 Å². The average molecular weight is 448 g/mol. The fraction of sp³-hybridized carbons (Fsp3) is 0.250. The number of aryl methyl sites for hydroxylation is 1. The molecule has 11 heteroatoms. The summed E-state index contributed by atoms with van der Waals surface area (Å²) >= 11 is 5.05. The molecule has 1 heterocycles. The van der Waals surface area contributed by atoms with Crippen molar-refractivity contribution in [2.45, 2.75) is 31.5 Å². The van der Waals surface area contributed by atoms with E-state index >= 15 is 0 Å². The summed E-state index contributed by atoms with van der Waals surface area (Å²) in [5, 5.41) is 23.5. The Morgan fingerprint density at radius 3 is 2.55 bits per heavy atom. The van der Waals surface area contributed by atoms with Crippen LogP contribution in [0, 0.1) is 6.92 Å². The molecule has 3 aromatic rings. The molecule has 0 fully saturated rings. The summed E-state index contributed by atoms with van der Waals surface area (Å²) in [5.41, 5.74) is 3.02. The molecule has 3 rings (SSSR count). The molecule has 1 aromatic heterocycles. The second-order valence-corrected chi connectivity index (χ2v) is 7.13. The van der Waals surface area contributed by atoms with Gasteiger partial charge in [0.05, 0.1) is 5.69 Å². The van der Waals surface area contributed by atoms with Gasteiger partial charge in [-0.2, -0.15) is 0 Å². The van der Waals surface area contributed by atoms with Crippen LogP contribution in [-0.4, -0.2) is 49.8 Å². The Balaban J connectivity index is 0.00000341. The number of benzene rings is 2. The van der Waals surface area contributed by atoms with Crippen LogP contribution in [0.15, 0.2) is 53.7 Å². The number of nitrogens with zero attached hydrogens (tertiary/aromatic N) is 5. The first-order valence-corrected chi connectivity index (χ1v) is 9.68. The molecule has 1 unspecified atom stereocenters. The minimum absolute atomic E-state index is 0. The molecule has 2 aromatic carbocycles. The zero-order valence-corrected chi connectivity index (χ0v) is 20.3. The predicted molar refractivity (Wildman–Crippen MR) is 114 cm³/mol. The van der Waals surface area contributed by atoms with E-state index in [0.29, 0.717) is 11.4 Å². The Bertz CT molecular complexity index is 1040. The van der Waals surface area contributed by atoms with Crippen molar-refractivity contribution in [2.24, 2.45) is 0 Å². The number of aliphatic carboxylic acids is 1. The van der Waals surface area contributed by atoms with Crippen molar-refractivity contribution < 1.29 is 44.3 Å². The molecule has 0 spiro atoms. The van der Waals surface area contributed by atoms with E-state index < -0.39 is 12.0 Å². The standard InChI is InChI=1S/C20H22N6O3S.Na/c1-13-6-8-16(9-7-13)25(14(2)19(28)29)11-10-18(27)21-15-4-3-5-17(12-15)26-20(30)22-23-24-26;/h3-9,12,14H,10-11H2,1-2H3,(H,21,27)(H,28,29)(H,22,24,30);/q;+1/p-1. The number of nitrogens with one attached hydrogen (secondary N) is 1. The molecule has 0 saturated carbocycles. The number of carbonyl (C=O) groups excluding carboxylic acids is 1. The third-order valence-corrected chi connectivity index (χ3v) is 4.84. The van der Waals surface area contributed by atoms with Crippen molar-refractivity contribution >= 4 is 35.9 Å². The minimum atomic E-state index is -0.954. The monoisotopic (exact) mass is 448 g/mol. The van der Waals surface area contributed by atoms with E-state index in [1.54, 1.807) is 36.1 Å². The van der Waals surface area contributed by atoms with Gasteiger partial charge in [-0.3, -0.25) is 4.79 Å². The SMILES string of the molecule is Cc1ccc(N(CCC(=O)Nc2cccc(-n3nnnc3[S-])c2)C(C)C(=O)O)cc1.[Na+]. The van der Waals surface area contributed by atoms with Crippen molar-refractivity contribution in [3.05, 3.63) is 54.1 Å². The average Bonchev–Trinajstić information content (AvgIpc) is 3.15. The van der Waals surface area contributed by atoms with Crippen LogP contribution in [0.3, 0.4) is 0 Å². The zero-order valence-electron chi connectivity index (χ0n) is 17.5. The number of tetrazole rings is 1. The van der Waals surface area contributed by atoms with Crippen molar-refractivity contribution in [1.82, 2.24) is 20.2 Å². The Kier molecular flexibility index (Phi) is 8.93. The molecular weight excluding hydrogens is 427 g/mol. The van der Waals surface area contributed by atoms with Crippen molar-refractivity contribution in [3.8, 4) is 5.69 Å². The second-order valence-electron chi connectivity index (χ2n) is 6.76. The molecule has 0 aliphatic carbocycles. The summed E-state index contributed by atoms with van der Waals surface area (Å²) in [6, 6.07) is 13.7. The van der Waals surface area contributed by atoms with Crippen LogP contribution in [-0.2, 0) is 22.2 Å². The maximum Gasteiger partial charge on any atom is 1.00 e. The molecule has 0 aliphatic rings. The number of hydrogen-bond donors (Lipinski definition) is 2. The quantitative estimate of drug-likeness (QED) is 0.340. The first-order valence-electron chi connectivity index (χ1n) is 9.27. The van der Waals surface area contributed by atoms with Gasteiger partial charge in [-0.1, -0.05) is 23.8 Å². The van der Waals surface area contributed by atoms with Crippen molar-refractivity contribution in [1.29, 1.82) is 0 Å². The largest absolute Gasteiger partial charge is 1.00 e. The summed E-state index contributed by atoms with van der Waals surface area (Å²) < 4.78 is 1.39. The van der Waals surface area contributed by atoms with Gasteiger partial charge >= 0.3 is 35.5 Å². The normalized spacial score (nSPS) is 11.3. The summed E-state index contributed by atoms with van der Waals surface area (Å²) in [7, 11) is 0. The fourth-order valence-corrected chi connectivity index (χ4v) is 3.10. The van der Waals surface area contributed by atoms with Crippen LogP contribution in [0.2, 0.25) is 0 Å². The minimum Gasteiger partial charge on any atom is -0.738 e. The number of rotatable bonds is 8. The van der Waals surface area contributed by atoms with E-state index in [1.165, 1.54) is 4.68 Å². The van der Waals surface area contributed by atoms with Gasteiger partial charge in [0, 0.05) is 29.5 Å². The number of amides is 1. The molecule has 9 nitrogen and oxygen atoms in total. The smallest absolute Gasteiger partial charge is 0.738 e. The topological polar surface area (TPSA) is 113 Å². The number of carbonyl (C=O) groups is 2. The third-order valence-electron chi connectivity index (χ3n) is 4.59. The summed E-state index contributed by atoms with van der Waals surface area (Å²) in [6.07, 6.45) is 0.118.